The van der Waals surface area contributed by atoms with E-state index in [1.165, 1.54) is 0 Å². The number of nitro groups is 1. The Morgan fingerprint density at radius 2 is 1.64 bits per heavy atom. The van der Waals surface area contributed by atoms with Crippen molar-refractivity contribution >= 4 is 35.2 Å². The highest BCUT2D eigenvalue weighted by molar-refractivity contribution is 6.02. The standard InChI is InChI=1S/C35H54N8O7/c1-4-5-7-16-26(39-32(46)30(36)24(3)31(45)25-14-8-6-9-15-25)33(47)42-21-12-18-28(42)34(48)41-20-11-17-27(41)29(44)22-23(2)13-10-19-38-35(37)40-43(49)50/h6,8-9,14-15,23-24,26-28,30H,4-5,7,10-13,16-22,36H2,1-3H3,(H,39,46)(H3,37,38,40). The summed E-state index contributed by atoms with van der Waals surface area (Å²) in [5, 5.41) is 18.0. The van der Waals surface area contributed by atoms with Gasteiger partial charge in [-0.3, -0.25) is 24.0 Å². The zero-order valence-corrected chi connectivity index (χ0v) is 29.6. The van der Waals surface area contributed by atoms with Crippen LogP contribution in [0.2, 0.25) is 0 Å². The lowest BCUT2D eigenvalue weighted by atomic mass is 9.92. The number of ketones is 2. The number of nitrogens with zero attached hydrogens (tertiary/aromatic N) is 4. The number of amides is 3. The van der Waals surface area contributed by atoms with Crippen molar-refractivity contribution in [1.29, 1.82) is 0 Å². The Bertz CT molecular complexity index is 1370. The van der Waals surface area contributed by atoms with Crippen molar-refractivity contribution < 1.29 is 29.0 Å². The van der Waals surface area contributed by atoms with Crippen LogP contribution in [0.1, 0.15) is 102 Å². The number of hydrazone groups is 1. The van der Waals surface area contributed by atoms with E-state index in [1.807, 2.05) is 13.8 Å². The van der Waals surface area contributed by atoms with E-state index >= 15 is 0 Å². The van der Waals surface area contributed by atoms with E-state index in [-0.39, 0.29) is 41.7 Å². The summed E-state index contributed by atoms with van der Waals surface area (Å²) in [5.74, 6) is -2.57. The van der Waals surface area contributed by atoms with Gasteiger partial charge in [-0.05, 0) is 50.9 Å². The summed E-state index contributed by atoms with van der Waals surface area (Å²) in [6.07, 6.45) is 6.72. The zero-order valence-electron chi connectivity index (χ0n) is 29.6. The van der Waals surface area contributed by atoms with Crippen molar-refractivity contribution in [1.82, 2.24) is 20.4 Å². The fourth-order valence-corrected chi connectivity index (χ4v) is 6.80. The Balaban J connectivity index is 1.63. The van der Waals surface area contributed by atoms with Gasteiger partial charge >= 0.3 is 0 Å². The molecule has 3 amide bonds. The summed E-state index contributed by atoms with van der Waals surface area (Å²) in [7, 11) is 0. The van der Waals surface area contributed by atoms with Crippen LogP contribution in [0.15, 0.2) is 35.4 Å². The first-order valence-electron chi connectivity index (χ1n) is 17.9. The molecule has 2 aliphatic rings. The molecule has 0 bridgehead atoms. The number of carbonyl (C=O) groups is 5. The maximum atomic E-state index is 14.0. The molecule has 2 fully saturated rings. The van der Waals surface area contributed by atoms with Crippen LogP contribution in [0.4, 0.5) is 0 Å². The molecule has 6 N–H and O–H groups in total. The first kappa shape index (κ1) is 40.0. The van der Waals surface area contributed by atoms with Gasteiger partial charge < -0.3 is 31.9 Å². The molecule has 2 heterocycles. The average molecular weight is 699 g/mol. The van der Waals surface area contributed by atoms with Crippen molar-refractivity contribution in [2.75, 3.05) is 19.6 Å². The summed E-state index contributed by atoms with van der Waals surface area (Å²) < 4.78 is 0. The van der Waals surface area contributed by atoms with Gasteiger partial charge in [-0.2, -0.15) is 0 Å². The minimum Gasteiger partial charge on any atom is -0.365 e. The van der Waals surface area contributed by atoms with Crippen molar-refractivity contribution in [3.05, 3.63) is 46.0 Å². The van der Waals surface area contributed by atoms with Crippen molar-refractivity contribution in [2.45, 2.75) is 116 Å². The molecule has 15 heteroatoms. The second kappa shape index (κ2) is 19.7. The average Bonchev–Trinajstić information content (AvgIpc) is 3.79. The van der Waals surface area contributed by atoms with Gasteiger partial charge in [0.2, 0.25) is 17.7 Å². The lowest BCUT2D eigenvalue weighted by Gasteiger charge is -2.33. The van der Waals surface area contributed by atoms with E-state index in [1.54, 1.807) is 47.1 Å². The zero-order chi connectivity index (χ0) is 36.8. The molecular weight excluding hydrogens is 644 g/mol. The van der Waals surface area contributed by atoms with Crippen LogP contribution in [0.25, 0.3) is 0 Å². The van der Waals surface area contributed by atoms with E-state index in [0.29, 0.717) is 76.6 Å². The molecule has 1 aromatic rings. The Kier molecular flexibility index (Phi) is 15.8. The van der Waals surface area contributed by atoms with Gasteiger partial charge in [0.05, 0.1) is 12.1 Å². The van der Waals surface area contributed by atoms with E-state index < -0.39 is 41.0 Å². The Hall–Kier alpha value is -4.40. The summed E-state index contributed by atoms with van der Waals surface area (Å²) >= 11 is 0. The predicted octanol–water partition coefficient (Wildman–Crippen LogP) is 2.35. The Morgan fingerprint density at radius 1 is 0.980 bits per heavy atom. The topological polar surface area (TPSA) is 223 Å². The molecule has 2 saturated heterocycles. The number of carbonyl (C=O) groups excluding carboxylic acids is 5. The Morgan fingerprint density at radius 3 is 2.30 bits per heavy atom. The van der Waals surface area contributed by atoms with Crippen molar-refractivity contribution in [3.63, 3.8) is 0 Å². The number of nitrogens with two attached hydrogens (primary N) is 2. The third-order valence-electron chi connectivity index (χ3n) is 9.67. The second-order valence-electron chi connectivity index (χ2n) is 13.5. The summed E-state index contributed by atoms with van der Waals surface area (Å²) in [6.45, 7) is 6.75. The number of likely N-dealkylation sites (tertiary alicyclic amines) is 2. The number of Topliss-reactive ketones (excluding diaryl/α,β-unsaturated/α-hetero) is 2. The van der Waals surface area contributed by atoms with Crippen LogP contribution in [-0.4, -0.2) is 93.9 Å². The highest BCUT2D eigenvalue weighted by Crippen LogP contribution is 2.28. The normalized spacial score (nSPS) is 20.1. The van der Waals surface area contributed by atoms with Gasteiger partial charge in [-0.25, -0.2) is 10.1 Å². The smallest absolute Gasteiger partial charge is 0.266 e. The first-order valence-corrected chi connectivity index (χ1v) is 17.9. The molecule has 0 saturated carbocycles. The maximum Gasteiger partial charge on any atom is 0.266 e. The van der Waals surface area contributed by atoms with Gasteiger partial charge in [0.15, 0.2) is 16.6 Å². The number of nitrogens with one attached hydrogen (secondary N) is 2. The summed E-state index contributed by atoms with van der Waals surface area (Å²) in [5.41, 5.74) is 12.2. The number of guanidine groups is 1. The number of unbranched alkanes of at least 4 members (excludes halogenated alkanes) is 2. The quantitative estimate of drug-likeness (QED) is 0.0412. The highest BCUT2D eigenvalue weighted by atomic mass is 16.7. The van der Waals surface area contributed by atoms with Crippen LogP contribution in [0, 0.1) is 22.0 Å². The van der Waals surface area contributed by atoms with Gasteiger partial charge in [0.1, 0.15) is 17.2 Å². The van der Waals surface area contributed by atoms with E-state index in [0.717, 1.165) is 12.8 Å². The van der Waals surface area contributed by atoms with E-state index in [2.05, 4.69) is 15.7 Å². The Labute approximate surface area is 294 Å². The number of benzene rings is 1. The monoisotopic (exact) mass is 698 g/mol. The molecule has 276 valence electrons. The lowest BCUT2D eigenvalue weighted by Crippen LogP contribution is -2.57. The van der Waals surface area contributed by atoms with Gasteiger partial charge in [0.25, 0.3) is 5.96 Å². The third kappa shape index (κ3) is 11.3. The van der Waals surface area contributed by atoms with Gasteiger partial charge in [0, 0.05) is 37.5 Å². The molecule has 0 aliphatic carbocycles. The van der Waals surface area contributed by atoms with Crippen molar-refractivity contribution in [2.24, 2.45) is 28.4 Å². The lowest BCUT2D eigenvalue weighted by molar-refractivity contribution is -0.485. The number of hydrogen-bond acceptors (Lipinski definition) is 8. The predicted molar refractivity (Wildman–Crippen MR) is 188 cm³/mol. The van der Waals surface area contributed by atoms with Crippen LogP contribution >= 0.6 is 0 Å². The second-order valence-corrected chi connectivity index (χ2v) is 13.5. The third-order valence-corrected chi connectivity index (χ3v) is 9.67. The van der Waals surface area contributed by atoms with Crippen molar-refractivity contribution in [3.8, 4) is 0 Å². The molecular formula is C35H54N8O7. The fourth-order valence-electron chi connectivity index (χ4n) is 6.80. The number of rotatable bonds is 19. The number of hydrogen-bond donors (Lipinski definition) is 4. The van der Waals surface area contributed by atoms with Gasteiger partial charge in [-0.1, -0.05) is 70.4 Å². The minimum absolute atomic E-state index is 0.0182. The molecule has 0 spiro atoms. The molecule has 1 aromatic carbocycles. The van der Waals surface area contributed by atoms with Crippen LogP contribution in [-0.2, 0) is 19.2 Å². The highest BCUT2D eigenvalue weighted by Gasteiger charge is 2.43. The molecule has 2 aliphatic heterocycles. The molecule has 15 nitrogen and oxygen atoms in total. The summed E-state index contributed by atoms with van der Waals surface area (Å²) in [6, 6.07) is 5.24. The largest absolute Gasteiger partial charge is 0.365 e. The van der Waals surface area contributed by atoms with Gasteiger partial charge in [-0.15, -0.1) is 0 Å². The minimum atomic E-state index is -1.17. The molecule has 6 atom stereocenters. The molecule has 50 heavy (non-hydrogen) atoms. The SMILES string of the molecule is CCCCCC(NC(=O)C(N)C(C)C(=O)c1ccccc1)C(=O)N1CCCC1C(=O)N1CCCC1C(=O)CC(C)CCCN/C(N)=N\[N+](=O)[O-]. The van der Waals surface area contributed by atoms with E-state index in [9.17, 15) is 34.1 Å². The maximum absolute atomic E-state index is 14.0. The fraction of sp³-hybridized carbons (Fsp3) is 0.657. The molecule has 6 unspecified atom stereocenters. The van der Waals surface area contributed by atoms with E-state index in [4.69, 9.17) is 11.5 Å². The van der Waals surface area contributed by atoms with Crippen LogP contribution in [0.3, 0.4) is 0 Å². The van der Waals surface area contributed by atoms with Crippen LogP contribution < -0.4 is 22.1 Å². The van der Waals surface area contributed by atoms with Crippen LogP contribution in [0.5, 0.6) is 0 Å². The summed E-state index contributed by atoms with van der Waals surface area (Å²) in [4.78, 5) is 81.4. The molecule has 3 rings (SSSR count). The first-order chi connectivity index (χ1) is 23.8. The molecule has 0 aromatic heterocycles. The molecule has 0 radical (unpaired) electrons.